The Kier molecular flexibility index (Phi) is 3.01. The minimum atomic E-state index is -0.857. The van der Waals surface area contributed by atoms with Crippen LogP contribution in [0.2, 0.25) is 0 Å². The summed E-state index contributed by atoms with van der Waals surface area (Å²) < 4.78 is 31.4. The predicted octanol–water partition coefficient (Wildman–Crippen LogP) is 2.80. The molecule has 0 bridgehead atoms. The first-order valence-electron chi connectivity index (χ1n) is 4.90. The van der Waals surface area contributed by atoms with Crippen LogP contribution in [0.25, 0.3) is 0 Å². The fourth-order valence-electron chi connectivity index (χ4n) is 1.55. The van der Waals surface area contributed by atoms with E-state index in [1.807, 2.05) is 0 Å². The van der Waals surface area contributed by atoms with Crippen LogP contribution in [0, 0.1) is 11.6 Å². The molecule has 0 aliphatic heterocycles. The van der Waals surface area contributed by atoms with Gasteiger partial charge >= 0.3 is 0 Å². The highest BCUT2D eigenvalue weighted by molar-refractivity contribution is 5.21. The van der Waals surface area contributed by atoms with Crippen molar-refractivity contribution in [3.63, 3.8) is 0 Å². The van der Waals surface area contributed by atoms with E-state index in [1.165, 1.54) is 18.4 Å². The predicted molar refractivity (Wildman–Crippen MR) is 55.7 cm³/mol. The van der Waals surface area contributed by atoms with E-state index in [0.717, 1.165) is 6.07 Å². The van der Waals surface area contributed by atoms with Crippen LogP contribution >= 0.6 is 0 Å². The van der Waals surface area contributed by atoms with Gasteiger partial charge in [0, 0.05) is 0 Å². The Bertz CT molecular complexity index is 468. The van der Waals surface area contributed by atoms with Crippen molar-refractivity contribution in [2.45, 2.75) is 12.5 Å². The van der Waals surface area contributed by atoms with E-state index in [4.69, 9.17) is 10.2 Å². The third-order valence-electron chi connectivity index (χ3n) is 2.38. The van der Waals surface area contributed by atoms with Crippen LogP contribution in [0.15, 0.2) is 41.0 Å². The molecule has 1 aromatic heterocycles. The molecule has 84 valence electrons. The van der Waals surface area contributed by atoms with Gasteiger partial charge in [-0.3, -0.25) is 0 Å². The molecule has 1 unspecified atom stereocenters. The molecule has 2 nitrogen and oxygen atoms in total. The summed E-state index contributed by atoms with van der Waals surface area (Å²) in [6, 6.07) is 7.01. The molecule has 2 aromatic rings. The molecular formula is C12H11F2NO. The van der Waals surface area contributed by atoms with E-state index in [2.05, 4.69) is 0 Å². The zero-order valence-corrected chi connectivity index (χ0v) is 8.49. The van der Waals surface area contributed by atoms with Crippen LogP contribution in [-0.2, 0) is 6.42 Å². The molecule has 4 heteroatoms. The average Bonchev–Trinajstić information content (AvgIpc) is 2.78. The Morgan fingerprint density at radius 2 is 2.00 bits per heavy atom. The van der Waals surface area contributed by atoms with Crippen molar-refractivity contribution in [3.8, 4) is 0 Å². The highest BCUT2D eigenvalue weighted by Crippen LogP contribution is 2.19. The van der Waals surface area contributed by atoms with E-state index >= 15 is 0 Å². The second-order valence-electron chi connectivity index (χ2n) is 3.54. The quantitative estimate of drug-likeness (QED) is 0.868. The zero-order chi connectivity index (χ0) is 11.5. The Morgan fingerprint density at radius 3 is 2.69 bits per heavy atom. The van der Waals surface area contributed by atoms with Gasteiger partial charge in [0.15, 0.2) is 11.6 Å². The van der Waals surface area contributed by atoms with Crippen LogP contribution in [0.4, 0.5) is 8.78 Å². The zero-order valence-electron chi connectivity index (χ0n) is 8.49. The molecule has 0 aliphatic rings. The summed E-state index contributed by atoms with van der Waals surface area (Å²) >= 11 is 0. The van der Waals surface area contributed by atoms with Gasteiger partial charge in [0.25, 0.3) is 0 Å². The molecule has 1 atom stereocenters. The Balaban J connectivity index is 2.18. The summed E-state index contributed by atoms with van der Waals surface area (Å²) in [7, 11) is 0. The first kappa shape index (κ1) is 10.8. The highest BCUT2D eigenvalue weighted by atomic mass is 19.2. The van der Waals surface area contributed by atoms with Gasteiger partial charge in [-0.1, -0.05) is 12.1 Å². The highest BCUT2D eigenvalue weighted by Gasteiger charge is 2.14. The SMILES string of the molecule is NC(Cc1cccc(F)c1F)c1ccco1. The minimum absolute atomic E-state index is 0.205. The normalized spacial score (nSPS) is 12.7. The largest absolute Gasteiger partial charge is 0.468 e. The molecule has 0 spiro atoms. The number of hydrogen-bond acceptors (Lipinski definition) is 2. The summed E-state index contributed by atoms with van der Waals surface area (Å²) in [6.07, 6.45) is 1.70. The minimum Gasteiger partial charge on any atom is -0.468 e. The van der Waals surface area contributed by atoms with Crippen molar-refractivity contribution in [1.29, 1.82) is 0 Å². The van der Waals surface area contributed by atoms with E-state index < -0.39 is 17.7 Å². The lowest BCUT2D eigenvalue weighted by molar-refractivity contribution is 0.453. The molecule has 1 aromatic carbocycles. The van der Waals surface area contributed by atoms with Gasteiger partial charge in [-0.15, -0.1) is 0 Å². The van der Waals surface area contributed by atoms with Crippen molar-refractivity contribution in [2.75, 3.05) is 0 Å². The third-order valence-corrected chi connectivity index (χ3v) is 2.38. The number of rotatable bonds is 3. The van der Waals surface area contributed by atoms with Crippen molar-refractivity contribution >= 4 is 0 Å². The Morgan fingerprint density at radius 1 is 1.19 bits per heavy atom. The van der Waals surface area contributed by atoms with E-state index in [9.17, 15) is 8.78 Å². The number of hydrogen-bond donors (Lipinski definition) is 1. The van der Waals surface area contributed by atoms with Gasteiger partial charge in [-0.2, -0.15) is 0 Å². The lowest BCUT2D eigenvalue weighted by Gasteiger charge is -2.09. The average molecular weight is 223 g/mol. The second-order valence-corrected chi connectivity index (χ2v) is 3.54. The van der Waals surface area contributed by atoms with E-state index in [0.29, 0.717) is 5.76 Å². The second kappa shape index (κ2) is 4.45. The molecule has 0 aliphatic carbocycles. The fraction of sp³-hybridized carbons (Fsp3) is 0.167. The topological polar surface area (TPSA) is 39.2 Å². The fourth-order valence-corrected chi connectivity index (χ4v) is 1.55. The summed E-state index contributed by atoms with van der Waals surface area (Å²) in [5.41, 5.74) is 6.06. The van der Waals surface area contributed by atoms with Crippen molar-refractivity contribution in [2.24, 2.45) is 5.73 Å². The standard InChI is InChI=1S/C12H11F2NO/c13-9-4-1-3-8(12(9)14)7-10(15)11-5-2-6-16-11/h1-6,10H,7,15H2. The number of benzene rings is 1. The van der Waals surface area contributed by atoms with Crippen LogP contribution in [-0.4, -0.2) is 0 Å². The molecule has 0 radical (unpaired) electrons. The smallest absolute Gasteiger partial charge is 0.162 e. The summed E-state index contributed by atoms with van der Waals surface area (Å²) in [4.78, 5) is 0. The maximum Gasteiger partial charge on any atom is 0.162 e. The van der Waals surface area contributed by atoms with Crippen LogP contribution in [0.3, 0.4) is 0 Å². The lowest BCUT2D eigenvalue weighted by Crippen LogP contribution is -2.13. The molecule has 2 rings (SSSR count). The molecule has 0 saturated carbocycles. The monoisotopic (exact) mass is 223 g/mol. The lowest BCUT2D eigenvalue weighted by atomic mass is 10.0. The number of halogens is 2. The Labute approximate surface area is 91.7 Å². The summed E-state index contributed by atoms with van der Waals surface area (Å²) in [5.74, 6) is -1.14. The van der Waals surface area contributed by atoms with Gasteiger partial charge < -0.3 is 10.2 Å². The molecule has 0 saturated heterocycles. The van der Waals surface area contributed by atoms with Gasteiger partial charge in [0.05, 0.1) is 12.3 Å². The van der Waals surface area contributed by atoms with E-state index in [-0.39, 0.29) is 12.0 Å². The molecule has 0 fully saturated rings. The molecule has 2 N–H and O–H groups in total. The maximum absolute atomic E-state index is 13.3. The van der Waals surface area contributed by atoms with Gasteiger partial charge in [0.1, 0.15) is 5.76 Å². The van der Waals surface area contributed by atoms with Crippen LogP contribution < -0.4 is 5.73 Å². The van der Waals surface area contributed by atoms with Crippen molar-refractivity contribution < 1.29 is 13.2 Å². The van der Waals surface area contributed by atoms with Crippen LogP contribution in [0.5, 0.6) is 0 Å². The van der Waals surface area contributed by atoms with Crippen molar-refractivity contribution in [1.82, 2.24) is 0 Å². The van der Waals surface area contributed by atoms with Crippen LogP contribution in [0.1, 0.15) is 17.4 Å². The molecular weight excluding hydrogens is 212 g/mol. The molecule has 0 amide bonds. The van der Waals surface area contributed by atoms with E-state index in [1.54, 1.807) is 12.1 Å². The first-order chi connectivity index (χ1) is 7.68. The number of nitrogens with two attached hydrogens (primary N) is 1. The third kappa shape index (κ3) is 2.12. The van der Waals surface area contributed by atoms with Crippen molar-refractivity contribution in [3.05, 3.63) is 59.6 Å². The van der Waals surface area contributed by atoms with Gasteiger partial charge in [-0.05, 0) is 30.2 Å². The first-order valence-corrected chi connectivity index (χ1v) is 4.90. The van der Waals surface area contributed by atoms with Gasteiger partial charge in [-0.25, -0.2) is 8.78 Å². The number of furan rings is 1. The molecule has 1 heterocycles. The summed E-state index contributed by atoms with van der Waals surface area (Å²) in [6.45, 7) is 0. The maximum atomic E-state index is 13.3. The Hall–Kier alpha value is -1.68. The summed E-state index contributed by atoms with van der Waals surface area (Å²) in [5, 5.41) is 0. The van der Waals surface area contributed by atoms with Gasteiger partial charge in [0.2, 0.25) is 0 Å². The molecule has 16 heavy (non-hydrogen) atoms.